The normalized spacial score (nSPS) is 20.3. The van der Waals surface area contributed by atoms with Gasteiger partial charge in [-0.25, -0.2) is 0 Å². The molecule has 3 aliphatic rings. The van der Waals surface area contributed by atoms with Gasteiger partial charge in [0.25, 0.3) is 0 Å². The highest BCUT2D eigenvalue weighted by atomic mass is 16.5. The molecule has 166 valence electrons. The number of carbonyl (C=O) groups excluding carboxylic acids is 3. The Bertz CT molecular complexity index is 1100. The predicted octanol–water partition coefficient (Wildman–Crippen LogP) is 2.26. The second kappa shape index (κ2) is 8.27. The van der Waals surface area contributed by atoms with Gasteiger partial charge < -0.3 is 19.7 Å². The van der Waals surface area contributed by atoms with Crippen molar-refractivity contribution in [1.29, 1.82) is 0 Å². The van der Waals surface area contributed by atoms with Crippen LogP contribution in [0.25, 0.3) is 0 Å². The molecule has 0 saturated carbocycles. The predicted molar refractivity (Wildman–Crippen MR) is 119 cm³/mol. The number of hydrogen-bond donors (Lipinski definition) is 1. The summed E-state index contributed by atoms with van der Waals surface area (Å²) in [6.45, 7) is 5.08. The maximum absolute atomic E-state index is 12.6. The van der Waals surface area contributed by atoms with Crippen molar-refractivity contribution in [2.45, 2.75) is 25.8 Å². The number of hydrogen-bond acceptors (Lipinski definition) is 7. The van der Waals surface area contributed by atoms with E-state index in [1.54, 1.807) is 12.1 Å². The molecule has 1 amide bonds. The molecular formula is C24H25N3O5. The molecule has 32 heavy (non-hydrogen) atoms. The Balaban J connectivity index is 1.19. The number of anilines is 2. The third-order valence-corrected chi connectivity index (χ3v) is 6.24. The first-order valence-electron chi connectivity index (χ1n) is 10.9. The second-order valence-electron chi connectivity index (χ2n) is 8.49. The summed E-state index contributed by atoms with van der Waals surface area (Å²) in [5, 5.41) is 2.90. The highest BCUT2D eigenvalue weighted by Gasteiger charge is 2.27. The van der Waals surface area contributed by atoms with Crippen molar-refractivity contribution in [3.8, 4) is 11.5 Å². The first-order chi connectivity index (χ1) is 15.5. The van der Waals surface area contributed by atoms with Crippen LogP contribution in [0.3, 0.4) is 0 Å². The molecule has 1 atom stereocenters. The summed E-state index contributed by atoms with van der Waals surface area (Å²) in [5.41, 5.74) is 3.12. The van der Waals surface area contributed by atoms with Crippen molar-refractivity contribution in [3.63, 3.8) is 0 Å². The third kappa shape index (κ3) is 4.05. The molecule has 0 bridgehead atoms. The number of benzene rings is 2. The van der Waals surface area contributed by atoms with Crippen molar-refractivity contribution in [3.05, 3.63) is 47.5 Å². The highest BCUT2D eigenvalue weighted by molar-refractivity contribution is 6.00. The van der Waals surface area contributed by atoms with Crippen molar-refractivity contribution < 1.29 is 23.9 Å². The number of esters is 1. The van der Waals surface area contributed by atoms with Crippen LogP contribution in [0.4, 0.5) is 11.4 Å². The standard InChI is InChI=1S/C24H25N3O5/c1-15-13-27(18-4-5-21-19(12-18)20(28)6-9-31-21)8-7-26(15)14-23(29)25-17-3-2-16-10-24(30)32-22(16)11-17/h2-5,11-12,15H,6-10,13-14H2,1H3,(H,25,29)/t15-/m1/s1. The summed E-state index contributed by atoms with van der Waals surface area (Å²) in [4.78, 5) is 40.6. The maximum atomic E-state index is 12.6. The van der Waals surface area contributed by atoms with E-state index in [4.69, 9.17) is 9.47 Å². The van der Waals surface area contributed by atoms with Crippen molar-refractivity contribution in [1.82, 2.24) is 4.90 Å². The molecule has 0 aromatic heterocycles. The number of rotatable bonds is 4. The van der Waals surface area contributed by atoms with Gasteiger partial charge in [-0.3, -0.25) is 19.3 Å². The van der Waals surface area contributed by atoms with E-state index in [0.717, 1.165) is 30.9 Å². The zero-order valence-corrected chi connectivity index (χ0v) is 17.9. The minimum Gasteiger partial charge on any atom is -0.492 e. The number of amides is 1. The molecule has 2 aromatic rings. The molecule has 0 spiro atoms. The number of Topliss-reactive ketones (excluding diaryl/α,β-unsaturated/α-hetero) is 1. The lowest BCUT2D eigenvalue weighted by Gasteiger charge is -2.40. The molecule has 8 nitrogen and oxygen atoms in total. The van der Waals surface area contributed by atoms with Gasteiger partial charge in [0.15, 0.2) is 5.78 Å². The molecule has 0 unspecified atom stereocenters. The number of nitrogens with zero attached hydrogens (tertiary/aromatic N) is 2. The zero-order valence-electron chi connectivity index (χ0n) is 17.9. The number of ketones is 1. The lowest BCUT2D eigenvalue weighted by molar-refractivity contribution is -0.131. The summed E-state index contributed by atoms with van der Waals surface area (Å²) in [7, 11) is 0. The number of fused-ring (bicyclic) bond motifs is 2. The minimum atomic E-state index is -0.272. The second-order valence-corrected chi connectivity index (χ2v) is 8.49. The average Bonchev–Trinajstić information content (AvgIpc) is 3.14. The summed E-state index contributed by atoms with van der Waals surface area (Å²) in [6.07, 6.45) is 0.694. The molecule has 5 rings (SSSR count). The van der Waals surface area contributed by atoms with E-state index in [2.05, 4.69) is 22.0 Å². The van der Waals surface area contributed by atoms with Gasteiger partial charge >= 0.3 is 5.97 Å². The van der Waals surface area contributed by atoms with Gasteiger partial charge in [0.05, 0.1) is 25.1 Å². The zero-order chi connectivity index (χ0) is 22.2. The number of ether oxygens (including phenoxy) is 2. The van der Waals surface area contributed by atoms with Gasteiger partial charge in [-0.05, 0) is 31.2 Å². The topological polar surface area (TPSA) is 88.2 Å². The third-order valence-electron chi connectivity index (χ3n) is 6.24. The largest absolute Gasteiger partial charge is 0.492 e. The molecule has 8 heteroatoms. The van der Waals surface area contributed by atoms with E-state index in [1.165, 1.54) is 0 Å². The Morgan fingerprint density at radius 3 is 2.84 bits per heavy atom. The Hall–Kier alpha value is -3.39. The van der Waals surface area contributed by atoms with Crippen LogP contribution < -0.4 is 19.7 Å². The van der Waals surface area contributed by atoms with Gasteiger partial charge in [-0.1, -0.05) is 6.07 Å². The van der Waals surface area contributed by atoms with Crippen molar-refractivity contribution in [2.75, 3.05) is 43.0 Å². The van der Waals surface area contributed by atoms with E-state index in [0.29, 0.717) is 35.8 Å². The van der Waals surface area contributed by atoms with Crippen LogP contribution in [0.15, 0.2) is 36.4 Å². The molecule has 2 aromatic carbocycles. The van der Waals surface area contributed by atoms with Crippen LogP contribution in [0.2, 0.25) is 0 Å². The summed E-state index contributed by atoms with van der Waals surface area (Å²) in [5.74, 6) is 0.924. The Morgan fingerprint density at radius 2 is 2.00 bits per heavy atom. The monoisotopic (exact) mass is 435 g/mol. The number of carbonyl (C=O) groups is 3. The molecule has 0 radical (unpaired) electrons. The van der Waals surface area contributed by atoms with Gasteiger partial charge in [0.2, 0.25) is 5.91 Å². The van der Waals surface area contributed by atoms with Gasteiger partial charge in [-0.2, -0.15) is 0 Å². The maximum Gasteiger partial charge on any atom is 0.315 e. The molecule has 1 N–H and O–H groups in total. The van der Waals surface area contributed by atoms with E-state index in [1.807, 2.05) is 24.3 Å². The summed E-state index contributed by atoms with van der Waals surface area (Å²) >= 11 is 0. The molecular weight excluding hydrogens is 410 g/mol. The van der Waals surface area contributed by atoms with Crippen LogP contribution >= 0.6 is 0 Å². The van der Waals surface area contributed by atoms with Crippen LogP contribution in [0.1, 0.15) is 29.3 Å². The Kier molecular flexibility index (Phi) is 5.30. The first kappa shape index (κ1) is 20.5. The molecule has 1 saturated heterocycles. The fourth-order valence-electron chi connectivity index (χ4n) is 4.48. The lowest BCUT2D eigenvalue weighted by Crippen LogP contribution is -2.53. The Labute approximate surface area is 186 Å². The van der Waals surface area contributed by atoms with Gasteiger partial charge in [0, 0.05) is 55.1 Å². The quantitative estimate of drug-likeness (QED) is 0.582. The number of piperazine rings is 1. The fourth-order valence-corrected chi connectivity index (χ4v) is 4.48. The lowest BCUT2D eigenvalue weighted by atomic mass is 10.0. The molecule has 3 heterocycles. The van der Waals surface area contributed by atoms with E-state index >= 15 is 0 Å². The smallest absolute Gasteiger partial charge is 0.315 e. The van der Waals surface area contributed by atoms with E-state index < -0.39 is 0 Å². The summed E-state index contributed by atoms with van der Waals surface area (Å²) in [6, 6.07) is 11.3. The van der Waals surface area contributed by atoms with Crippen molar-refractivity contribution >= 4 is 29.0 Å². The first-order valence-corrected chi connectivity index (χ1v) is 10.9. The van der Waals surface area contributed by atoms with Crippen LogP contribution in [-0.2, 0) is 16.0 Å². The summed E-state index contributed by atoms with van der Waals surface area (Å²) < 4.78 is 10.7. The van der Waals surface area contributed by atoms with Gasteiger partial charge in [-0.15, -0.1) is 0 Å². The molecule has 1 fully saturated rings. The van der Waals surface area contributed by atoms with Crippen LogP contribution in [-0.4, -0.2) is 61.4 Å². The number of nitrogens with one attached hydrogen (secondary N) is 1. The highest BCUT2D eigenvalue weighted by Crippen LogP contribution is 2.31. The van der Waals surface area contributed by atoms with Crippen LogP contribution in [0.5, 0.6) is 11.5 Å². The van der Waals surface area contributed by atoms with E-state index in [9.17, 15) is 14.4 Å². The Morgan fingerprint density at radius 1 is 1.12 bits per heavy atom. The van der Waals surface area contributed by atoms with Crippen molar-refractivity contribution in [2.24, 2.45) is 0 Å². The fraction of sp³-hybridized carbons (Fsp3) is 0.375. The molecule has 0 aliphatic carbocycles. The van der Waals surface area contributed by atoms with Gasteiger partial charge in [0.1, 0.15) is 11.5 Å². The minimum absolute atomic E-state index is 0.105. The average molecular weight is 435 g/mol. The van der Waals surface area contributed by atoms with E-state index in [-0.39, 0.29) is 36.7 Å². The molecule has 3 aliphatic heterocycles. The van der Waals surface area contributed by atoms with Crippen LogP contribution in [0, 0.1) is 0 Å². The SMILES string of the molecule is C[C@@H]1CN(c2ccc3c(c2)C(=O)CCO3)CCN1CC(=O)Nc1ccc2c(c1)OC(=O)C2.